The van der Waals surface area contributed by atoms with Crippen LogP contribution in [-0.4, -0.2) is 18.2 Å². The lowest BCUT2D eigenvalue weighted by Gasteiger charge is -2.08. The summed E-state index contributed by atoms with van der Waals surface area (Å²) in [6, 6.07) is 8.28. The number of benzene rings is 1. The molecule has 0 amide bonds. The van der Waals surface area contributed by atoms with Crippen LogP contribution in [0.25, 0.3) is 0 Å². The van der Waals surface area contributed by atoms with Gasteiger partial charge in [0, 0.05) is 10.2 Å². The van der Waals surface area contributed by atoms with Crippen LogP contribution in [0, 0.1) is 5.92 Å². The molecular weight excluding hydrogens is 284 g/mol. The molecule has 1 unspecified atom stereocenters. The minimum Gasteiger partial charge on any atom is -0.497 e. The smallest absolute Gasteiger partial charge is 0.118 e. The third-order valence-corrected chi connectivity index (χ3v) is 4.04. The van der Waals surface area contributed by atoms with Crippen LogP contribution in [0.2, 0.25) is 0 Å². The number of rotatable bonds is 7. The molecule has 0 aliphatic heterocycles. The van der Waals surface area contributed by atoms with Crippen molar-refractivity contribution in [3.05, 3.63) is 24.3 Å². The Labute approximate surface area is 111 Å². The summed E-state index contributed by atoms with van der Waals surface area (Å²) in [5.41, 5.74) is 0. The number of ether oxygens (including phenoxy) is 1. The van der Waals surface area contributed by atoms with Crippen LogP contribution in [0.5, 0.6) is 5.75 Å². The van der Waals surface area contributed by atoms with Gasteiger partial charge in [-0.2, -0.15) is 0 Å². The minimum absolute atomic E-state index is 0.810. The Morgan fingerprint density at radius 3 is 2.50 bits per heavy atom. The summed E-state index contributed by atoms with van der Waals surface area (Å²) in [4.78, 5) is 1.33. The molecule has 0 radical (unpaired) electrons. The second-order valence-corrected chi connectivity index (χ2v) is 5.86. The van der Waals surface area contributed by atoms with Crippen LogP contribution in [0.3, 0.4) is 0 Å². The fraction of sp³-hybridized carbons (Fsp3) is 0.538. The van der Waals surface area contributed by atoms with Gasteiger partial charge in [-0.25, -0.2) is 0 Å². The molecule has 0 heterocycles. The molecule has 0 N–H and O–H groups in total. The quantitative estimate of drug-likeness (QED) is 0.538. The maximum absolute atomic E-state index is 5.13. The number of hydrogen-bond donors (Lipinski definition) is 0. The molecule has 0 saturated carbocycles. The summed E-state index contributed by atoms with van der Waals surface area (Å²) >= 11 is 5.40. The molecule has 16 heavy (non-hydrogen) atoms. The van der Waals surface area contributed by atoms with E-state index in [0.717, 1.165) is 17.0 Å². The SMILES string of the molecule is COc1ccc(SCCC(C)CCBr)cc1. The first-order valence-corrected chi connectivity index (χ1v) is 7.69. The van der Waals surface area contributed by atoms with Gasteiger partial charge in [0.15, 0.2) is 0 Å². The number of thioether (sulfide) groups is 1. The summed E-state index contributed by atoms with van der Waals surface area (Å²) in [6.07, 6.45) is 2.55. The first kappa shape index (κ1) is 13.9. The monoisotopic (exact) mass is 302 g/mol. The van der Waals surface area contributed by atoms with Gasteiger partial charge in [0.25, 0.3) is 0 Å². The zero-order valence-electron chi connectivity index (χ0n) is 9.91. The highest BCUT2D eigenvalue weighted by molar-refractivity contribution is 9.09. The molecule has 0 spiro atoms. The maximum atomic E-state index is 5.13. The van der Waals surface area contributed by atoms with Gasteiger partial charge in [-0.05, 0) is 48.8 Å². The first-order valence-electron chi connectivity index (χ1n) is 5.59. The molecule has 0 aromatic heterocycles. The summed E-state index contributed by atoms with van der Waals surface area (Å²) in [6.45, 7) is 2.32. The van der Waals surface area contributed by atoms with Crippen molar-refractivity contribution in [3.8, 4) is 5.75 Å². The molecule has 0 aliphatic rings. The van der Waals surface area contributed by atoms with Crippen molar-refractivity contribution in [1.82, 2.24) is 0 Å². The normalized spacial score (nSPS) is 12.4. The van der Waals surface area contributed by atoms with Crippen LogP contribution in [0.15, 0.2) is 29.2 Å². The Balaban J connectivity index is 2.26. The van der Waals surface area contributed by atoms with Crippen molar-refractivity contribution in [3.63, 3.8) is 0 Å². The second kappa shape index (κ2) is 8.02. The number of alkyl halides is 1. The fourth-order valence-electron chi connectivity index (χ4n) is 1.38. The highest BCUT2D eigenvalue weighted by Crippen LogP contribution is 2.23. The lowest BCUT2D eigenvalue weighted by molar-refractivity contribution is 0.414. The highest BCUT2D eigenvalue weighted by atomic mass is 79.9. The Morgan fingerprint density at radius 1 is 1.25 bits per heavy atom. The average molecular weight is 303 g/mol. The number of hydrogen-bond acceptors (Lipinski definition) is 2. The van der Waals surface area contributed by atoms with Crippen LogP contribution in [-0.2, 0) is 0 Å². The van der Waals surface area contributed by atoms with Gasteiger partial charge in [-0.15, -0.1) is 11.8 Å². The molecule has 0 bridgehead atoms. The number of halogens is 1. The third-order valence-electron chi connectivity index (χ3n) is 2.54. The summed E-state index contributed by atoms with van der Waals surface area (Å²) < 4.78 is 5.13. The predicted octanol–water partition coefficient (Wildman–Crippen LogP) is 4.60. The molecule has 1 rings (SSSR count). The lowest BCUT2D eigenvalue weighted by Crippen LogP contribution is -1.96. The highest BCUT2D eigenvalue weighted by Gasteiger charge is 2.01. The first-order chi connectivity index (χ1) is 7.76. The van der Waals surface area contributed by atoms with Crippen molar-refractivity contribution in [1.29, 1.82) is 0 Å². The Morgan fingerprint density at radius 2 is 1.94 bits per heavy atom. The van der Waals surface area contributed by atoms with Crippen LogP contribution in [0.4, 0.5) is 0 Å². The topological polar surface area (TPSA) is 9.23 Å². The van der Waals surface area contributed by atoms with Crippen LogP contribution < -0.4 is 4.74 Å². The summed E-state index contributed by atoms with van der Waals surface area (Å²) in [7, 11) is 1.70. The lowest BCUT2D eigenvalue weighted by atomic mass is 10.1. The average Bonchev–Trinajstić information content (AvgIpc) is 2.30. The van der Waals surface area contributed by atoms with Crippen LogP contribution >= 0.6 is 27.7 Å². The van der Waals surface area contributed by atoms with E-state index in [1.807, 2.05) is 23.9 Å². The van der Waals surface area contributed by atoms with Gasteiger partial charge >= 0.3 is 0 Å². The molecule has 90 valence electrons. The summed E-state index contributed by atoms with van der Waals surface area (Å²) in [5, 5.41) is 1.11. The van der Waals surface area contributed by atoms with Crippen molar-refractivity contribution < 1.29 is 4.74 Å². The van der Waals surface area contributed by atoms with E-state index >= 15 is 0 Å². The Kier molecular flexibility index (Phi) is 6.97. The standard InChI is InChI=1S/C13H19BrOS/c1-11(7-9-14)8-10-16-13-5-3-12(15-2)4-6-13/h3-6,11H,7-10H2,1-2H3. The van der Waals surface area contributed by atoms with Crippen molar-refractivity contribution >= 4 is 27.7 Å². The van der Waals surface area contributed by atoms with E-state index in [0.29, 0.717) is 0 Å². The van der Waals surface area contributed by atoms with E-state index in [1.54, 1.807) is 7.11 Å². The molecule has 1 nitrogen and oxygen atoms in total. The zero-order chi connectivity index (χ0) is 11.8. The van der Waals surface area contributed by atoms with Crippen LogP contribution in [0.1, 0.15) is 19.8 Å². The van der Waals surface area contributed by atoms with E-state index in [1.165, 1.54) is 23.5 Å². The number of methoxy groups -OCH3 is 1. The predicted molar refractivity (Wildman–Crippen MR) is 75.9 cm³/mol. The molecule has 0 fully saturated rings. The maximum Gasteiger partial charge on any atom is 0.118 e. The van der Waals surface area contributed by atoms with Crippen molar-refractivity contribution in [2.75, 3.05) is 18.2 Å². The van der Waals surface area contributed by atoms with E-state index in [4.69, 9.17) is 4.74 Å². The minimum atomic E-state index is 0.810. The van der Waals surface area contributed by atoms with Crippen molar-refractivity contribution in [2.45, 2.75) is 24.7 Å². The molecule has 0 saturated heterocycles. The molecule has 1 aromatic rings. The van der Waals surface area contributed by atoms with Gasteiger partial charge in [-0.1, -0.05) is 22.9 Å². The molecule has 3 heteroatoms. The van der Waals surface area contributed by atoms with E-state index in [2.05, 4.69) is 35.0 Å². The van der Waals surface area contributed by atoms with Gasteiger partial charge in [0.2, 0.25) is 0 Å². The second-order valence-electron chi connectivity index (χ2n) is 3.90. The molecule has 1 atom stereocenters. The van der Waals surface area contributed by atoms with Gasteiger partial charge < -0.3 is 4.74 Å². The fourth-order valence-corrected chi connectivity index (χ4v) is 3.25. The van der Waals surface area contributed by atoms with E-state index in [9.17, 15) is 0 Å². The largest absolute Gasteiger partial charge is 0.497 e. The van der Waals surface area contributed by atoms with Gasteiger partial charge in [0.05, 0.1) is 7.11 Å². The van der Waals surface area contributed by atoms with E-state index in [-0.39, 0.29) is 0 Å². The molecular formula is C13H19BrOS. The zero-order valence-corrected chi connectivity index (χ0v) is 12.3. The van der Waals surface area contributed by atoms with Crippen molar-refractivity contribution in [2.24, 2.45) is 5.92 Å². The van der Waals surface area contributed by atoms with Gasteiger partial charge in [-0.3, -0.25) is 0 Å². The summed E-state index contributed by atoms with van der Waals surface area (Å²) in [5.74, 6) is 2.93. The Hall–Kier alpha value is -0.150. The third kappa shape index (κ3) is 5.26. The molecule has 1 aromatic carbocycles. The Bertz CT molecular complexity index is 286. The van der Waals surface area contributed by atoms with Gasteiger partial charge in [0.1, 0.15) is 5.75 Å². The van der Waals surface area contributed by atoms with E-state index < -0.39 is 0 Å². The molecule has 0 aliphatic carbocycles.